The minimum absolute atomic E-state index is 0.629. The van der Waals surface area contributed by atoms with E-state index >= 15 is 0 Å². The number of aliphatic carboxylic acids is 1. The minimum atomic E-state index is -1.21. The van der Waals surface area contributed by atoms with E-state index in [9.17, 15) is 9.90 Å². The standard InChI is InChI=1S/C18H18O3/c1-12-8-13(2)10-15(9-12)17(11-18(19)20)14-4-6-16(21-3)7-5-14/h4-11H,1-3H3,(H,19,20)/p-1/b17-11+. The summed E-state index contributed by atoms with van der Waals surface area (Å²) in [6.45, 7) is 3.97. The molecular weight excluding hydrogens is 264 g/mol. The summed E-state index contributed by atoms with van der Waals surface area (Å²) in [6.07, 6.45) is 1.13. The Morgan fingerprint density at radius 1 is 1.00 bits per heavy atom. The van der Waals surface area contributed by atoms with Crippen molar-refractivity contribution in [3.05, 3.63) is 70.8 Å². The van der Waals surface area contributed by atoms with Crippen molar-refractivity contribution in [1.82, 2.24) is 0 Å². The molecular formula is C18H17O3-. The number of aryl methyl sites for hydroxylation is 2. The lowest BCUT2D eigenvalue weighted by Gasteiger charge is -2.12. The molecule has 2 aromatic rings. The summed E-state index contributed by atoms with van der Waals surface area (Å²) in [5.41, 5.74) is 4.47. The number of carboxylic acid groups (broad SMARTS) is 1. The minimum Gasteiger partial charge on any atom is -0.545 e. The van der Waals surface area contributed by atoms with Crippen molar-refractivity contribution in [3.8, 4) is 5.75 Å². The van der Waals surface area contributed by atoms with E-state index in [1.54, 1.807) is 19.2 Å². The van der Waals surface area contributed by atoms with Crippen LogP contribution in [0.15, 0.2) is 48.5 Å². The third-order valence-corrected chi connectivity index (χ3v) is 3.20. The van der Waals surface area contributed by atoms with Crippen molar-refractivity contribution in [3.63, 3.8) is 0 Å². The summed E-state index contributed by atoms with van der Waals surface area (Å²) in [4.78, 5) is 11.0. The maximum Gasteiger partial charge on any atom is 0.118 e. The highest BCUT2D eigenvalue weighted by Gasteiger charge is 2.07. The first-order valence-electron chi connectivity index (χ1n) is 6.65. The first-order valence-corrected chi connectivity index (χ1v) is 6.65. The molecule has 0 saturated carbocycles. The Bertz CT molecular complexity index is 662. The highest BCUT2D eigenvalue weighted by atomic mass is 16.5. The van der Waals surface area contributed by atoms with Gasteiger partial charge in [-0.2, -0.15) is 0 Å². The molecule has 21 heavy (non-hydrogen) atoms. The van der Waals surface area contributed by atoms with Crippen LogP contribution in [-0.2, 0) is 4.79 Å². The fourth-order valence-electron chi connectivity index (χ4n) is 2.35. The van der Waals surface area contributed by atoms with Crippen LogP contribution in [0.3, 0.4) is 0 Å². The average molecular weight is 281 g/mol. The monoisotopic (exact) mass is 281 g/mol. The maximum absolute atomic E-state index is 11.0. The van der Waals surface area contributed by atoms with Gasteiger partial charge in [-0.15, -0.1) is 0 Å². The van der Waals surface area contributed by atoms with Gasteiger partial charge in [0.2, 0.25) is 0 Å². The number of carbonyl (C=O) groups excluding carboxylic acids is 1. The van der Waals surface area contributed by atoms with Crippen molar-refractivity contribution in [2.45, 2.75) is 13.8 Å². The number of carbonyl (C=O) groups is 1. The van der Waals surface area contributed by atoms with Crippen LogP contribution in [0.25, 0.3) is 5.57 Å². The number of methoxy groups -OCH3 is 1. The zero-order valence-corrected chi connectivity index (χ0v) is 12.3. The molecule has 0 saturated heterocycles. The van der Waals surface area contributed by atoms with E-state index in [-0.39, 0.29) is 0 Å². The highest BCUT2D eigenvalue weighted by Crippen LogP contribution is 2.26. The summed E-state index contributed by atoms with van der Waals surface area (Å²) in [7, 11) is 1.59. The molecule has 0 fully saturated rings. The van der Waals surface area contributed by atoms with Crippen molar-refractivity contribution in [1.29, 1.82) is 0 Å². The molecule has 0 aliphatic rings. The SMILES string of the molecule is COc1ccc(/C(=C\C(=O)[O-])c2cc(C)cc(C)c2)cc1. The number of benzene rings is 2. The van der Waals surface area contributed by atoms with Crippen LogP contribution in [0.2, 0.25) is 0 Å². The van der Waals surface area contributed by atoms with E-state index in [4.69, 9.17) is 4.74 Å². The fraction of sp³-hybridized carbons (Fsp3) is 0.167. The average Bonchev–Trinajstić information content (AvgIpc) is 2.43. The molecule has 3 heteroatoms. The van der Waals surface area contributed by atoms with E-state index in [2.05, 4.69) is 0 Å². The van der Waals surface area contributed by atoms with E-state index in [0.29, 0.717) is 5.57 Å². The molecule has 0 bridgehead atoms. The predicted octanol–water partition coefficient (Wildman–Crippen LogP) is 2.49. The molecule has 0 N–H and O–H groups in total. The second-order valence-corrected chi connectivity index (χ2v) is 4.98. The first-order chi connectivity index (χ1) is 9.99. The van der Waals surface area contributed by atoms with Crippen LogP contribution < -0.4 is 9.84 Å². The highest BCUT2D eigenvalue weighted by molar-refractivity contribution is 5.94. The number of ether oxygens (including phenoxy) is 1. The van der Waals surface area contributed by atoms with Crippen molar-refractivity contribution < 1.29 is 14.6 Å². The Balaban J connectivity index is 2.55. The molecule has 0 aliphatic carbocycles. The van der Waals surface area contributed by atoms with Gasteiger partial charge in [0.25, 0.3) is 0 Å². The summed E-state index contributed by atoms with van der Waals surface area (Å²) in [5.74, 6) is -0.480. The number of carboxylic acids is 1. The van der Waals surface area contributed by atoms with Crippen molar-refractivity contribution in [2.24, 2.45) is 0 Å². The van der Waals surface area contributed by atoms with Crippen LogP contribution in [0, 0.1) is 13.8 Å². The van der Waals surface area contributed by atoms with Gasteiger partial charge in [0.15, 0.2) is 0 Å². The van der Waals surface area contributed by atoms with Gasteiger partial charge < -0.3 is 14.6 Å². The summed E-state index contributed by atoms with van der Waals surface area (Å²) >= 11 is 0. The molecule has 0 unspecified atom stereocenters. The van der Waals surface area contributed by atoms with Crippen LogP contribution in [0.5, 0.6) is 5.75 Å². The molecule has 0 atom stereocenters. The van der Waals surface area contributed by atoms with Crippen LogP contribution in [0.1, 0.15) is 22.3 Å². The second-order valence-electron chi connectivity index (χ2n) is 4.98. The molecule has 0 amide bonds. The quantitative estimate of drug-likeness (QED) is 0.809. The summed E-state index contributed by atoms with van der Waals surface area (Å²) < 4.78 is 5.13. The molecule has 3 nitrogen and oxygen atoms in total. The second kappa shape index (κ2) is 6.27. The van der Waals surface area contributed by atoms with E-state index in [1.807, 2.05) is 44.2 Å². The molecule has 0 aliphatic heterocycles. The third-order valence-electron chi connectivity index (χ3n) is 3.20. The topological polar surface area (TPSA) is 49.4 Å². The fourth-order valence-corrected chi connectivity index (χ4v) is 2.35. The normalized spacial score (nSPS) is 11.3. The molecule has 0 heterocycles. The zero-order valence-electron chi connectivity index (χ0n) is 12.3. The first kappa shape index (κ1) is 14.9. The molecule has 0 spiro atoms. The van der Waals surface area contributed by atoms with E-state index in [1.165, 1.54) is 0 Å². The van der Waals surface area contributed by atoms with Gasteiger partial charge in [0.05, 0.1) is 13.1 Å². The van der Waals surface area contributed by atoms with Crippen LogP contribution >= 0.6 is 0 Å². The van der Waals surface area contributed by atoms with Gasteiger partial charge in [-0.25, -0.2) is 0 Å². The molecule has 2 aromatic carbocycles. The van der Waals surface area contributed by atoms with Gasteiger partial charge >= 0.3 is 0 Å². The van der Waals surface area contributed by atoms with Gasteiger partial charge in [-0.05, 0) is 48.8 Å². The number of hydrogen-bond donors (Lipinski definition) is 0. The summed E-state index contributed by atoms with van der Waals surface area (Å²) in [5, 5.41) is 11.0. The molecule has 0 radical (unpaired) electrons. The largest absolute Gasteiger partial charge is 0.545 e. The lowest BCUT2D eigenvalue weighted by Crippen LogP contribution is -2.19. The van der Waals surface area contributed by atoms with Gasteiger partial charge in [-0.1, -0.05) is 41.5 Å². The van der Waals surface area contributed by atoms with Crippen molar-refractivity contribution in [2.75, 3.05) is 7.11 Å². The summed E-state index contributed by atoms with van der Waals surface area (Å²) in [6, 6.07) is 13.3. The Labute approximate surface area is 124 Å². The van der Waals surface area contributed by atoms with Crippen molar-refractivity contribution >= 4 is 11.5 Å². The molecule has 108 valence electrons. The molecule has 2 rings (SSSR count). The zero-order chi connectivity index (χ0) is 15.4. The number of rotatable bonds is 4. The van der Waals surface area contributed by atoms with Crippen LogP contribution in [0.4, 0.5) is 0 Å². The number of hydrogen-bond acceptors (Lipinski definition) is 3. The molecule has 0 aromatic heterocycles. The van der Waals surface area contributed by atoms with Gasteiger partial charge in [0, 0.05) is 0 Å². The van der Waals surface area contributed by atoms with Gasteiger partial charge in [-0.3, -0.25) is 0 Å². The lowest BCUT2D eigenvalue weighted by atomic mass is 9.94. The third kappa shape index (κ3) is 3.72. The smallest absolute Gasteiger partial charge is 0.118 e. The Hall–Kier alpha value is -2.55. The Kier molecular flexibility index (Phi) is 4.43. The predicted molar refractivity (Wildman–Crippen MR) is 81.0 cm³/mol. The van der Waals surface area contributed by atoms with Crippen LogP contribution in [-0.4, -0.2) is 13.1 Å². The van der Waals surface area contributed by atoms with E-state index < -0.39 is 5.97 Å². The maximum atomic E-state index is 11.0. The van der Waals surface area contributed by atoms with E-state index in [0.717, 1.165) is 34.1 Å². The van der Waals surface area contributed by atoms with Gasteiger partial charge in [0.1, 0.15) is 5.75 Å². The Morgan fingerprint density at radius 3 is 2.05 bits per heavy atom. The Morgan fingerprint density at radius 2 is 1.57 bits per heavy atom. The lowest BCUT2D eigenvalue weighted by molar-refractivity contribution is -0.297.